The van der Waals surface area contributed by atoms with Crippen molar-refractivity contribution in [2.45, 2.75) is 26.4 Å². The maximum atomic E-state index is 12.5. The third-order valence-electron chi connectivity index (χ3n) is 3.56. The molecule has 0 saturated carbocycles. The van der Waals surface area contributed by atoms with Crippen molar-refractivity contribution in [1.29, 1.82) is 0 Å². The van der Waals surface area contributed by atoms with Crippen molar-refractivity contribution in [2.24, 2.45) is 0 Å². The van der Waals surface area contributed by atoms with Crippen molar-refractivity contribution in [3.05, 3.63) is 29.8 Å². The lowest BCUT2D eigenvalue weighted by atomic mass is 10.1. The highest BCUT2D eigenvalue weighted by molar-refractivity contribution is 5.94. The van der Waals surface area contributed by atoms with Gasteiger partial charge in [0.1, 0.15) is 11.4 Å². The number of nitrogens with zero attached hydrogens (tertiary/aromatic N) is 2. The summed E-state index contributed by atoms with van der Waals surface area (Å²) in [6.07, 6.45) is -0.325. The molecule has 0 spiro atoms. The number of ether oxygens (including phenoxy) is 2. The summed E-state index contributed by atoms with van der Waals surface area (Å²) >= 11 is 0. The minimum atomic E-state index is -0.507. The van der Waals surface area contributed by atoms with E-state index in [0.29, 0.717) is 31.7 Å². The van der Waals surface area contributed by atoms with Gasteiger partial charge in [0.05, 0.1) is 7.11 Å². The van der Waals surface area contributed by atoms with Crippen molar-refractivity contribution in [3.63, 3.8) is 0 Å². The zero-order valence-electron chi connectivity index (χ0n) is 14.2. The third-order valence-corrected chi connectivity index (χ3v) is 3.56. The monoisotopic (exact) mass is 320 g/mol. The average Bonchev–Trinajstić information content (AvgIpc) is 2.53. The van der Waals surface area contributed by atoms with Crippen LogP contribution in [0.2, 0.25) is 0 Å². The number of carbonyl (C=O) groups excluding carboxylic acids is 2. The predicted octanol–water partition coefficient (Wildman–Crippen LogP) is 2.39. The highest BCUT2D eigenvalue weighted by atomic mass is 16.6. The lowest BCUT2D eigenvalue weighted by Gasteiger charge is -2.35. The number of benzene rings is 1. The van der Waals surface area contributed by atoms with Crippen LogP contribution < -0.4 is 4.74 Å². The van der Waals surface area contributed by atoms with Crippen molar-refractivity contribution < 1.29 is 19.1 Å². The predicted molar refractivity (Wildman–Crippen MR) is 86.7 cm³/mol. The zero-order chi connectivity index (χ0) is 17.0. The number of hydrogen-bond donors (Lipinski definition) is 0. The first-order valence-corrected chi connectivity index (χ1v) is 7.71. The van der Waals surface area contributed by atoms with Gasteiger partial charge < -0.3 is 19.3 Å². The number of carbonyl (C=O) groups is 2. The quantitative estimate of drug-likeness (QED) is 0.839. The lowest BCUT2D eigenvalue weighted by molar-refractivity contribution is 0.0141. The minimum Gasteiger partial charge on any atom is -0.497 e. The van der Waals surface area contributed by atoms with Crippen LogP contribution >= 0.6 is 0 Å². The molecule has 0 atom stereocenters. The molecule has 1 aromatic rings. The fourth-order valence-corrected chi connectivity index (χ4v) is 2.33. The first kappa shape index (κ1) is 17.1. The third kappa shape index (κ3) is 4.61. The number of piperazine rings is 1. The van der Waals surface area contributed by atoms with Gasteiger partial charge in [0.15, 0.2) is 0 Å². The summed E-state index contributed by atoms with van der Waals surface area (Å²) in [6.45, 7) is 7.50. The molecule has 1 aliphatic rings. The molecule has 1 fully saturated rings. The summed E-state index contributed by atoms with van der Waals surface area (Å²) in [6, 6.07) is 7.04. The standard InChI is InChI=1S/C17H24N2O4/c1-17(2,3)23-16(21)19-11-9-18(10-12-19)15(20)13-5-7-14(22-4)8-6-13/h5-8H,9-12H2,1-4H3. The SMILES string of the molecule is COc1ccc(C(=O)N2CCN(C(=O)OC(C)(C)C)CC2)cc1. The number of amides is 2. The smallest absolute Gasteiger partial charge is 0.410 e. The summed E-state index contributed by atoms with van der Waals surface area (Å²) in [5, 5.41) is 0. The highest BCUT2D eigenvalue weighted by Crippen LogP contribution is 2.16. The Morgan fingerprint density at radius 1 is 0.957 bits per heavy atom. The Hall–Kier alpha value is -2.24. The first-order chi connectivity index (χ1) is 10.8. The van der Waals surface area contributed by atoms with Crippen molar-refractivity contribution in [2.75, 3.05) is 33.3 Å². The van der Waals surface area contributed by atoms with Gasteiger partial charge in [0, 0.05) is 31.7 Å². The molecule has 1 saturated heterocycles. The maximum absolute atomic E-state index is 12.5. The molecule has 6 heteroatoms. The maximum Gasteiger partial charge on any atom is 0.410 e. The van der Waals surface area contributed by atoms with Crippen LogP contribution in [0, 0.1) is 0 Å². The van der Waals surface area contributed by atoms with E-state index in [-0.39, 0.29) is 12.0 Å². The molecule has 6 nitrogen and oxygen atoms in total. The van der Waals surface area contributed by atoms with E-state index in [2.05, 4.69) is 0 Å². The van der Waals surface area contributed by atoms with Gasteiger partial charge in [0.25, 0.3) is 5.91 Å². The van der Waals surface area contributed by atoms with E-state index in [1.54, 1.807) is 41.2 Å². The van der Waals surface area contributed by atoms with Gasteiger partial charge in [-0.15, -0.1) is 0 Å². The normalized spacial score (nSPS) is 15.3. The molecule has 0 unspecified atom stereocenters. The van der Waals surface area contributed by atoms with Gasteiger partial charge in [0.2, 0.25) is 0 Å². The largest absolute Gasteiger partial charge is 0.497 e. The summed E-state index contributed by atoms with van der Waals surface area (Å²) in [7, 11) is 1.59. The molecule has 2 amide bonds. The molecule has 0 aromatic heterocycles. The molecule has 0 N–H and O–H groups in total. The van der Waals surface area contributed by atoms with Crippen LogP contribution in [0.3, 0.4) is 0 Å². The Morgan fingerprint density at radius 3 is 1.96 bits per heavy atom. The second kappa shape index (κ2) is 6.89. The van der Waals surface area contributed by atoms with Crippen LogP contribution in [0.5, 0.6) is 5.75 Å². The van der Waals surface area contributed by atoms with E-state index in [1.165, 1.54) is 0 Å². The zero-order valence-corrected chi connectivity index (χ0v) is 14.2. The lowest BCUT2D eigenvalue weighted by Crippen LogP contribution is -2.51. The van der Waals surface area contributed by atoms with Gasteiger partial charge in [-0.05, 0) is 45.0 Å². The fraction of sp³-hybridized carbons (Fsp3) is 0.529. The van der Waals surface area contributed by atoms with Crippen LogP contribution in [-0.2, 0) is 4.74 Å². The summed E-state index contributed by atoms with van der Waals surface area (Å²) in [5.41, 5.74) is 0.115. The second-order valence-electron chi connectivity index (χ2n) is 6.49. The molecule has 126 valence electrons. The Labute approximate surface area is 137 Å². The Bertz CT molecular complexity index is 555. The molecular formula is C17H24N2O4. The molecule has 0 bridgehead atoms. The molecule has 0 radical (unpaired) electrons. The van der Waals surface area contributed by atoms with Gasteiger partial charge in [-0.3, -0.25) is 4.79 Å². The Morgan fingerprint density at radius 2 is 1.48 bits per heavy atom. The minimum absolute atomic E-state index is 0.0310. The Balaban J connectivity index is 1.90. The van der Waals surface area contributed by atoms with Crippen LogP contribution in [0.15, 0.2) is 24.3 Å². The second-order valence-corrected chi connectivity index (χ2v) is 6.49. The molecule has 1 heterocycles. The molecule has 1 aliphatic heterocycles. The van der Waals surface area contributed by atoms with E-state index in [0.717, 1.165) is 5.75 Å². The molecular weight excluding hydrogens is 296 g/mol. The summed E-state index contributed by atoms with van der Waals surface area (Å²) in [4.78, 5) is 27.9. The number of rotatable bonds is 2. The molecule has 23 heavy (non-hydrogen) atoms. The van der Waals surface area contributed by atoms with E-state index < -0.39 is 5.60 Å². The average molecular weight is 320 g/mol. The van der Waals surface area contributed by atoms with E-state index >= 15 is 0 Å². The van der Waals surface area contributed by atoms with E-state index in [4.69, 9.17) is 9.47 Å². The topological polar surface area (TPSA) is 59.1 Å². The van der Waals surface area contributed by atoms with Gasteiger partial charge in [-0.25, -0.2) is 4.79 Å². The van der Waals surface area contributed by atoms with Gasteiger partial charge in [-0.1, -0.05) is 0 Å². The van der Waals surface area contributed by atoms with Crippen molar-refractivity contribution >= 4 is 12.0 Å². The van der Waals surface area contributed by atoms with Crippen LogP contribution in [0.4, 0.5) is 4.79 Å². The van der Waals surface area contributed by atoms with Crippen molar-refractivity contribution in [1.82, 2.24) is 9.80 Å². The fourth-order valence-electron chi connectivity index (χ4n) is 2.33. The van der Waals surface area contributed by atoms with Gasteiger partial charge in [-0.2, -0.15) is 0 Å². The first-order valence-electron chi connectivity index (χ1n) is 7.71. The van der Waals surface area contributed by atoms with E-state index in [9.17, 15) is 9.59 Å². The molecule has 0 aliphatic carbocycles. The van der Waals surface area contributed by atoms with Crippen molar-refractivity contribution in [3.8, 4) is 5.75 Å². The molecule has 1 aromatic carbocycles. The molecule has 2 rings (SSSR count). The van der Waals surface area contributed by atoms with Crippen LogP contribution in [0.25, 0.3) is 0 Å². The van der Waals surface area contributed by atoms with Crippen LogP contribution in [0.1, 0.15) is 31.1 Å². The van der Waals surface area contributed by atoms with E-state index in [1.807, 2.05) is 20.8 Å². The summed E-state index contributed by atoms with van der Waals surface area (Å²) in [5.74, 6) is 0.688. The van der Waals surface area contributed by atoms with Crippen LogP contribution in [-0.4, -0.2) is 60.7 Å². The highest BCUT2D eigenvalue weighted by Gasteiger charge is 2.27. The Kier molecular flexibility index (Phi) is 5.13. The van der Waals surface area contributed by atoms with Gasteiger partial charge >= 0.3 is 6.09 Å². The number of hydrogen-bond acceptors (Lipinski definition) is 4. The summed E-state index contributed by atoms with van der Waals surface area (Å²) < 4.78 is 10.4. The number of methoxy groups -OCH3 is 1.